The zero-order chi connectivity index (χ0) is 13.7. The van der Waals surface area contributed by atoms with Gasteiger partial charge in [0.2, 0.25) is 0 Å². The summed E-state index contributed by atoms with van der Waals surface area (Å²) in [6.07, 6.45) is 0. The van der Waals surface area contributed by atoms with Gasteiger partial charge in [-0.15, -0.1) is 0 Å². The highest BCUT2D eigenvalue weighted by molar-refractivity contribution is 5.56. The smallest absolute Gasteiger partial charge is 0.387 e. The predicted octanol–water partition coefficient (Wildman–Crippen LogP) is 4.21. The Bertz CT molecular complexity index is 543. The second-order valence-electron chi connectivity index (χ2n) is 4.15. The first-order chi connectivity index (χ1) is 9.16. The lowest BCUT2D eigenvalue weighted by molar-refractivity contribution is -0.0493. The van der Waals surface area contributed by atoms with E-state index in [1.807, 2.05) is 31.2 Å². The number of nitrogens with one attached hydrogen (secondary N) is 1. The fourth-order valence-electron chi connectivity index (χ4n) is 1.81. The molecule has 2 aromatic rings. The fourth-order valence-corrected chi connectivity index (χ4v) is 1.81. The van der Waals surface area contributed by atoms with Gasteiger partial charge in [0.1, 0.15) is 5.75 Å². The summed E-state index contributed by atoms with van der Waals surface area (Å²) in [6.45, 7) is -0.240. The minimum atomic E-state index is -2.82. The zero-order valence-electron chi connectivity index (χ0n) is 10.6. The summed E-state index contributed by atoms with van der Waals surface area (Å²) in [5.41, 5.74) is 2.84. The second kappa shape index (κ2) is 6.18. The monoisotopic (exact) mass is 263 g/mol. The van der Waals surface area contributed by atoms with Crippen molar-refractivity contribution in [2.75, 3.05) is 5.32 Å². The van der Waals surface area contributed by atoms with Crippen LogP contribution in [0.25, 0.3) is 0 Å². The van der Waals surface area contributed by atoms with Crippen LogP contribution in [0.15, 0.2) is 48.5 Å². The lowest BCUT2D eigenvalue weighted by Gasteiger charge is -2.13. The van der Waals surface area contributed by atoms with Crippen LogP contribution >= 0.6 is 0 Å². The Morgan fingerprint density at radius 3 is 2.47 bits per heavy atom. The molecule has 0 saturated carbocycles. The molecule has 0 unspecified atom stereocenters. The zero-order valence-corrected chi connectivity index (χ0v) is 10.6. The number of anilines is 1. The van der Waals surface area contributed by atoms with Crippen molar-refractivity contribution < 1.29 is 13.5 Å². The molecule has 0 aliphatic rings. The van der Waals surface area contributed by atoms with Gasteiger partial charge in [-0.1, -0.05) is 36.4 Å². The van der Waals surface area contributed by atoms with Gasteiger partial charge < -0.3 is 10.1 Å². The van der Waals surface area contributed by atoms with Crippen molar-refractivity contribution in [3.05, 3.63) is 59.7 Å². The molecule has 100 valence electrons. The number of halogens is 2. The van der Waals surface area contributed by atoms with Crippen LogP contribution in [0.4, 0.5) is 14.5 Å². The standard InChI is InChI=1S/C15H15F2NO/c1-11-6-2-3-7-12(11)10-18-13-8-4-5-9-14(13)19-15(16)17/h2-9,15,18H,10H2,1H3. The van der Waals surface area contributed by atoms with Crippen molar-refractivity contribution in [2.45, 2.75) is 20.1 Å². The van der Waals surface area contributed by atoms with E-state index in [0.29, 0.717) is 12.2 Å². The number of hydrogen-bond donors (Lipinski definition) is 1. The molecule has 0 fully saturated rings. The number of hydrogen-bond acceptors (Lipinski definition) is 2. The van der Waals surface area contributed by atoms with Crippen LogP contribution in [0.2, 0.25) is 0 Å². The summed E-state index contributed by atoms with van der Waals surface area (Å²) in [6, 6.07) is 14.6. The van der Waals surface area contributed by atoms with Gasteiger partial charge in [0, 0.05) is 6.54 Å². The summed E-state index contributed by atoms with van der Waals surface area (Å²) in [7, 11) is 0. The Balaban J connectivity index is 2.09. The highest BCUT2D eigenvalue weighted by Gasteiger charge is 2.08. The van der Waals surface area contributed by atoms with Gasteiger partial charge >= 0.3 is 6.61 Å². The molecule has 0 heterocycles. The molecule has 0 radical (unpaired) electrons. The van der Waals surface area contributed by atoms with Crippen LogP contribution in [0.5, 0.6) is 5.75 Å². The highest BCUT2D eigenvalue weighted by Crippen LogP contribution is 2.26. The van der Waals surface area contributed by atoms with Crippen molar-refractivity contribution in [3.8, 4) is 5.75 Å². The summed E-state index contributed by atoms with van der Waals surface area (Å²) in [5.74, 6) is 0.158. The lowest BCUT2D eigenvalue weighted by Crippen LogP contribution is -2.07. The van der Waals surface area contributed by atoms with Crippen LogP contribution in [-0.2, 0) is 6.54 Å². The van der Waals surface area contributed by atoms with E-state index in [1.54, 1.807) is 18.2 Å². The average molecular weight is 263 g/mol. The Hall–Kier alpha value is -2.10. The third-order valence-electron chi connectivity index (χ3n) is 2.83. The Morgan fingerprint density at radius 2 is 1.74 bits per heavy atom. The molecule has 0 atom stereocenters. The van der Waals surface area contributed by atoms with E-state index in [0.717, 1.165) is 11.1 Å². The molecule has 0 spiro atoms. The SMILES string of the molecule is Cc1ccccc1CNc1ccccc1OC(F)F. The van der Waals surface area contributed by atoms with Gasteiger partial charge in [-0.25, -0.2) is 0 Å². The number of alkyl halides is 2. The predicted molar refractivity (Wildman–Crippen MR) is 71.6 cm³/mol. The van der Waals surface area contributed by atoms with Gasteiger partial charge in [-0.3, -0.25) is 0 Å². The maximum absolute atomic E-state index is 12.3. The maximum Gasteiger partial charge on any atom is 0.387 e. The van der Waals surface area contributed by atoms with Crippen molar-refractivity contribution in [3.63, 3.8) is 0 Å². The lowest BCUT2D eigenvalue weighted by atomic mass is 10.1. The van der Waals surface area contributed by atoms with Crippen LogP contribution < -0.4 is 10.1 Å². The van der Waals surface area contributed by atoms with Crippen molar-refractivity contribution >= 4 is 5.69 Å². The average Bonchev–Trinajstić information content (AvgIpc) is 2.39. The summed E-state index contributed by atoms with van der Waals surface area (Å²) < 4.78 is 29.0. The normalized spacial score (nSPS) is 10.5. The van der Waals surface area contributed by atoms with Gasteiger partial charge in [-0.05, 0) is 30.2 Å². The third kappa shape index (κ3) is 3.68. The van der Waals surface area contributed by atoms with Crippen molar-refractivity contribution in [1.82, 2.24) is 0 Å². The first-order valence-electron chi connectivity index (χ1n) is 5.99. The van der Waals surface area contributed by atoms with Crippen molar-refractivity contribution in [2.24, 2.45) is 0 Å². The molecule has 19 heavy (non-hydrogen) atoms. The summed E-state index contributed by atoms with van der Waals surface area (Å²) >= 11 is 0. The fraction of sp³-hybridized carbons (Fsp3) is 0.200. The topological polar surface area (TPSA) is 21.3 Å². The van der Waals surface area contributed by atoms with E-state index in [2.05, 4.69) is 10.1 Å². The quantitative estimate of drug-likeness (QED) is 0.872. The third-order valence-corrected chi connectivity index (χ3v) is 2.83. The number of benzene rings is 2. The molecule has 0 aliphatic heterocycles. The maximum atomic E-state index is 12.3. The first-order valence-corrected chi connectivity index (χ1v) is 5.99. The van der Waals surface area contributed by atoms with E-state index in [-0.39, 0.29) is 5.75 Å². The molecule has 0 aliphatic carbocycles. The van der Waals surface area contributed by atoms with Crippen LogP contribution in [0.3, 0.4) is 0 Å². The van der Waals surface area contributed by atoms with Crippen LogP contribution in [0.1, 0.15) is 11.1 Å². The first kappa shape index (κ1) is 13.3. The van der Waals surface area contributed by atoms with E-state index < -0.39 is 6.61 Å². The number of rotatable bonds is 5. The number of aryl methyl sites for hydroxylation is 1. The number of para-hydroxylation sites is 2. The molecule has 0 amide bonds. The Labute approximate surface area is 111 Å². The van der Waals surface area contributed by atoms with Gasteiger partial charge in [0.05, 0.1) is 5.69 Å². The molecule has 4 heteroatoms. The minimum Gasteiger partial charge on any atom is -0.433 e. The molecule has 2 aromatic carbocycles. The van der Waals surface area contributed by atoms with Crippen LogP contribution in [-0.4, -0.2) is 6.61 Å². The van der Waals surface area contributed by atoms with E-state index in [1.165, 1.54) is 6.07 Å². The van der Waals surface area contributed by atoms with E-state index >= 15 is 0 Å². The van der Waals surface area contributed by atoms with Gasteiger partial charge in [0.25, 0.3) is 0 Å². The largest absolute Gasteiger partial charge is 0.433 e. The summed E-state index contributed by atoms with van der Waals surface area (Å²) in [4.78, 5) is 0. The molecule has 0 aromatic heterocycles. The summed E-state index contributed by atoms with van der Waals surface area (Å²) in [5, 5.41) is 3.12. The van der Waals surface area contributed by atoms with E-state index in [9.17, 15) is 8.78 Å². The molecule has 2 nitrogen and oxygen atoms in total. The Morgan fingerprint density at radius 1 is 1.05 bits per heavy atom. The minimum absolute atomic E-state index is 0.158. The Kier molecular flexibility index (Phi) is 4.34. The van der Waals surface area contributed by atoms with E-state index in [4.69, 9.17) is 0 Å². The molecular weight excluding hydrogens is 248 g/mol. The van der Waals surface area contributed by atoms with Crippen molar-refractivity contribution in [1.29, 1.82) is 0 Å². The van der Waals surface area contributed by atoms with Crippen LogP contribution in [0, 0.1) is 6.92 Å². The molecule has 1 N–H and O–H groups in total. The van der Waals surface area contributed by atoms with Gasteiger partial charge in [0.15, 0.2) is 0 Å². The highest BCUT2D eigenvalue weighted by atomic mass is 19.3. The molecular formula is C15H15F2NO. The van der Waals surface area contributed by atoms with Gasteiger partial charge in [-0.2, -0.15) is 8.78 Å². The molecule has 2 rings (SSSR count). The molecule has 0 bridgehead atoms. The second-order valence-corrected chi connectivity index (χ2v) is 4.15. The molecule has 0 saturated heterocycles. The number of ether oxygens (including phenoxy) is 1.